The van der Waals surface area contributed by atoms with Crippen LogP contribution in [0.1, 0.15) is 18.1 Å². The van der Waals surface area contributed by atoms with Gasteiger partial charge in [0.2, 0.25) is 0 Å². The molecule has 1 aromatic carbocycles. The third kappa shape index (κ3) is 4.08. The first-order valence-electron chi connectivity index (χ1n) is 9.75. The number of imidazole rings is 2. The molecule has 3 aromatic heterocycles. The van der Waals surface area contributed by atoms with Crippen molar-refractivity contribution in [3.8, 4) is 0 Å². The van der Waals surface area contributed by atoms with Gasteiger partial charge in [-0.1, -0.05) is 24.3 Å². The topological polar surface area (TPSA) is 125 Å². The van der Waals surface area contributed by atoms with Crippen molar-refractivity contribution in [1.29, 1.82) is 0 Å². The lowest BCUT2D eigenvalue weighted by Crippen LogP contribution is -2.31. The zero-order valence-corrected chi connectivity index (χ0v) is 18.0. The van der Waals surface area contributed by atoms with Crippen LogP contribution in [0.25, 0.3) is 11.2 Å². The Bertz CT molecular complexity index is 1460. The summed E-state index contributed by atoms with van der Waals surface area (Å²) in [5, 5.41) is 0.0691. The van der Waals surface area contributed by atoms with Gasteiger partial charge in [0.1, 0.15) is 0 Å². The molecule has 4 rings (SSSR count). The van der Waals surface area contributed by atoms with Crippen LogP contribution in [0.15, 0.2) is 57.7 Å². The second-order valence-corrected chi connectivity index (χ2v) is 9.37. The largest absolute Gasteiger partial charge is 0.339 e. The van der Waals surface area contributed by atoms with E-state index in [4.69, 9.17) is 0 Å². The van der Waals surface area contributed by atoms with Gasteiger partial charge in [0.25, 0.3) is 5.56 Å². The number of nitrogens with one attached hydrogen (secondary N) is 1. The first-order valence-corrected chi connectivity index (χ1v) is 11.4. The number of hydrogen-bond donors (Lipinski definition) is 1. The zero-order valence-electron chi connectivity index (χ0n) is 17.1. The van der Waals surface area contributed by atoms with Gasteiger partial charge in [-0.15, -0.1) is 0 Å². The number of sulfone groups is 1. The van der Waals surface area contributed by atoms with Gasteiger partial charge in [0.15, 0.2) is 26.0 Å². The number of rotatable bonds is 7. The summed E-state index contributed by atoms with van der Waals surface area (Å²) in [6.45, 7) is 2.69. The fourth-order valence-electron chi connectivity index (χ4n) is 3.41. The Hall–Kier alpha value is -3.47. The average molecular weight is 443 g/mol. The molecule has 0 saturated carbocycles. The molecule has 0 aliphatic rings. The van der Waals surface area contributed by atoms with Gasteiger partial charge in [0, 0.05) is 19.8 Å². The number of benzene rings is 1. The molecular formula is C20H22N6O4S. The van der Waals surface area contributed by atoms with Crippen LogP contribution in [0.4, 0.5) is 0 Å². The van der Waals surface area contributed by atoms with Crippen molar-refractivity contribution in [2.45, 2.75) is 31.5 Å². The van der Waals surface area contributed by atoms with E-state index < -0.39 is 21.1 Å². The van der Waals surface area contributed by atoms with Crippen LogP contribution in [-0.2, 0) is 36.4 Å². The Balaban J connectivity index is 1.53. The highest BCUT2D eigenvalue weighted by atomic mass is 32.2. The molecule has 0 spiro atoms. The lowest BCUT2D eigenvalue weighted by Gasteiger charge is -2.08. The summed E-state index contributed by atoms with van der Waals surface area (Å²) >= 11 is 0. The van der Waals surface area contributed by atoms with E-state index in [0.29, 0.717) is 24.1 Å². The summed E-state index contributed by atoms with van der Waals surface area (Å²) < 4.78 is 29.5. The zero-order chi connectivity index (χ0) is 22.2. The summed E-state index contributed by atoms with van der Waals surface area (Å²) in [5.74, 6) is -0.0438. The maximum absolute atomic E-state index is 12.4. The molecule has 0 fully saturated rings. The molecule has 0 aliphatic carbocycles. The standard InChI is InChI=1S/C20H22N6O4S/c1-3-25-13-22-18-17(25)19(27)23-20(28)26(18)10-15-6-4-14(5-7-15)8-9-31(29,30)16-11-24(2)12-21-16/h4-7,11-13H,3,8-10H2,1-2H3,(H,23,27,28). The van der Waals surface area contributed by atoms with E-state index in [-0.39, 0.29) is 17.3 Å². The molecular weight excluding hydrogens is 420 g/mol. The average Bonchev–Trinajstić information content (AvgIpc) is 3.37. The summed E-state index contributed by atoms with van der Waals surface area (Å²) in [6, 6.07) is 7.34. The molecule has 1 N–H and O–H groups in total. The summed E-state index contributed by atoms with van der Waals surface area (Å²) in [4.78, 5) is 35.0. The van der Waals surface area contributed by atoms with E-state index in [1.807, 2.05) is 31.2 Å². The summed E-state index contributed by atoms with van der Waals surface area (Å²) in [7, 11) is -1.73. The van der Waals surface area contributed by atoms with Gasteiger partial charge >= 0.3 is 5.69 Å². The Kier molecular flexibility index (Phi) is 5.36. The first-order chi connectivity index (χ1) is 14.8. The number of hydrogen-bond acceptors (Lipinski definition) is 6. The molecule has 31 heavy (non-hydrogen) atoms. The van der Waals surface area contributed by atoms with Crippen LogP contribution in [0, 0.1) is 0 Å². The van der Waals surface area contributed by atoms with Crippen LogP contribution in [0.2, 0.25) is 0 Å². The van der Waals surface area contributed by atoms with Gasteiger partial charge in [-0.2, -0.15) is 0 Å². The number of fused-ring (bicyclic) bond motifs is 1. The molecule has 0 amide bonds. The van der Waals surface area contributed by atoms with Crippen molar-refractivity contribution < 1.29 is 8.42 Å². The van der Waals surface area contributed by atoms with Crippen molar-refractivity contribution in [2.75, 3.05) is 5.75 Å². The molecule has 10 nitrogen and oxygen atoms in total. The second-order valence-electron chi connectivity index (χ2n) is 7.31. The smallest absolute Gasteiger partial charge is 0.330 e. The fraction of sp³-hybridized carbons (Fsp3) is 0.300. The van der Waals surface area contributed by atoms with Gasteiger partial charge in [-0.25, -0.2) is 23.2 Å². The minimum absolute atomic E-state index is 0.0438. The van der Waals surface area contributed by atoms with Crippen molar-refractivity contribution in [2.24, 2.45) is 7.05 Å². The lowest BCUT2D eigenvalue weighted by atomic mass is 10.1. The quantitative estimate of drug-likeness (QED) is 0.449. The maximum Gasteiger partial charge on any atom is 0.330 e. The number of aromatic nitrogens is 6. The molecule has 0 aliphatic heterocycles. The van der Waals surface area contributed by atoms with Crippen molar-refractivity contribution >= 4 is 21.0 Å². The predicted molar refractivity (Wildman–Crippen MR) is 115 cm³/mol. The number of nitrogens with zero attached hydrogens (tertiary/aromatic N) is 5. The van der Waals surface area contributed by atoms with Crippen LogP contribution < -0.4 is 11.2 Å². The lowest BCUT2D eigenvalue weighted by molar-refractivity contribution is 0.592. The number of aryl methyl sites for hydroxylation is 3. The second kappa shape index (κ2) is 7.99. The molecule has 0 unspecified atom stereocenters. The van der Waals surface area contributed by atoms with Gasteiger partial charge in [-0.05, 0) is 24.5 Å². The molecule has 4 aromatic rings. The Morgan fingerprint density at radius 2 is 1.74 bits per heavy atom. The molecule has 0 atom stereocenters. The van der Waals surface area contributed by atoms with E-state index in [9.17, 15) is 18.0 Å². The van der Waals surface area contributed by atoms with E-state index in [1.54, 1.807) is 22.5 Å². The molecule has 11 heteroatoms. The van der Waals surface area contributed by atoms with Crippen LogP contribution in [-0.4, -0.2) is 42.8 Å². The first kappa shape index (κ1) is 20.8. The monoisotopic (exact) mass is 442 g/mol. The normalized spacial score (nSPS) is 11.9. The van der Waals surface area contributed by atoms with Gasteiger partial charge in [-0.3, -0.25) is 14.3 Å². The van der Waals surface area contributed by atoms with Crippen LogP contribution in [0.3, 0.4) is 0 Å². The summed E-state index contributed by atoms with van der Waals surface area (Å²) in [6.07, 6.45) is 4.84. The highest BCUT2D eigenvalue weighted by Crippen LogP contribution is 2.13. The van der Waals surface area contributed by atoms with Crippen molar-refractivity contribution in [3.05, 3.63) is 75.1 Å². The van der Waals surface area contributed by atoms with Crippen molar-refractivity contribution in [3.63, 3.8) is 0 Å². The van der Waals surface area contributed by atoms with E-state index in [0.717, 1.165) is 11.1 Å². The van der Waals surface area contributed by atoms with Crippen LogP contribution in [0.5, 0.6) is 0 Å². The van der Waals surface area contributed by atoms with E-state index >= 15 is 0 Å². The molecule has 0 bridgehead atoms. The highest BCUT2D eigenvalue weighted by Gasteiger charge is 2.17. The van der Waals surface area contributed by atoms with E-state index in [2.05, 4.69) is 15.0 Å². The Morgan fingerprint density at radius 3 is 2.39 bits per heavy atom. The SMILES string of the molecule is CCn1cnc2c1c(=O)[nH]c(=O)n2Cc1ccc(CCS(=O)(=O)c2cn(C)cn2)cc1. The van der Waals surface area contributed by atoms with E-state index in [1.165, 1.54) is 17.1 Å². The van der Waals surface area contributed by atoms with Gasteiger partial charge in [0.05, 0.1) is 25.0 Å². The predicted octanol–water partition coefficient (Wildman–Crippen LogP) is 0.704. The third-order valence-electron chi connectivity index (χ3n) is 5.12. The minimum Gasteiger partial charge on any atom is -0.339 e. The van der Waals surface area contributed by atoms with Crippen LogP contribution >= 0.6 is 0 Å². The highest BCUT2D eigenvalue weighted by molar-refractivity contribution is 7.91. The van der Waals surface area contributed by atoms with Gasteiger partial charge < -0.3 is 9.13 Å². The number of H-pyrrole nitrogens is 1. The third-order valence-corrected chi connectivity index (χ3v) is 6.71. The summed E-state index contributed by atoms with van der Waals surface area (Å²) in [5.41, 5.74) is 1.40. The maximum atomic E-state index is 12.4. The molecule has 162 valence electrons. The van der Waals surface area contributed by atoms with Crippen molar-refractivity contribution in [1.82, 2.24) is 28.7 Å². The molecule has 0 saturated heterocycles. The molecule has 3 heterocycles. The number of aromatic amines is 1. The minimum atomic E-state index is -3.45. The fourth-order valence-corrected chi connectivity index (χ4v) is 4.66. The molecule has 0 radical (unpaired) electrons. The Labute approximate surface area is 177 Å². The Morgan fingerprint density at radius 1 is 1.03 bits per heavy atom.